The predicted octanol–water partition coefficient (Wildman–Crippen LogP) is 2.51. The zero-order chi connectivity index (χ0) is 11.8. The van der Waals surface area contributed by atoms with E-state index in [2.05, 4.69) is 33.6 Å². The molecule has 0 aliphatic carbocycles. The number of anilines is 1. The first kappa shape index (κ1) is 10.1. The van der Waals surface area contributed by atoms with Gasteiger partial charge < -0.3 is 5.32 Å². The van der Waals surface area contributed by atoms with E-state index >= 15 is 0 Å². The van der Waals surface area contributed by atoms with Crippen molar-refractivity contribution in [1.82, 2.24) is 14.8 Å². The molecule has 0 saturated heterocycles. The van der Waals surface area contributed by atoms with Gasteiger partial charge in [-0.05, 0) is 25.5 Å². The number of nitrogens with one attached hydrogen (secondary N) is 1. The molecule has 0 amide bonds. The van der Waals surface area contributed by atoms with Crippen LogP contribution < -0.4 is 5.32 Å². The number of rotatable bonds is 1. The molecule has 2 heterocycles. The zero-order valence-electron chi connectivity index (χ0n) is 9.88. The summed E-state index contributed by atoms with van der Waals surface area (Å²) in [5.74, 6) is 1.60. The molecule has 0 fully saturated rings. The van der Waals surface area contributed by atoms with E-state index in [-0.39, 0.29) is 6.04 Å². The van der Waals surface area contributed by atoms with E-state index in [0.717, 1.165) is 17.5 Å². The number of benzene rings is 1. The average Bonchev–Trinajstić information content (AvgIpc) is 2.69. The first-order chi connectivity index (χ1) is 8.24. The fourth-order valence-electron chi connectivity index (χ4n) is 2.12. The summed E-state index contributed by atoms with van der Waals surface area (Å²) in [7, 11) is 0. The average molecular weight is 226 g/mol. The van der Waals surface area contributed by atoms with E-state index in [9.17, 15) is 0 Å². The second-order valence-electron chi connectivity index (χ2n) is 4.26. The van der Waals surface area contributed by atoms with Gasteiger partial charge in [-0.15, -0.1) is 0 Å². The van der Waals surface area contributed by atoms with Crippen molar-refractivity contribution in [2.45, 2.75) is 19.9 Å². The van der Waals surface area contributed by atoms with Crippen LogP contribution in [-0.2, 0) is 0 Å². The highest BCUT2D eigenvalue weighted by Gasteiger charge is 2.21. The zero-order valence-corrected chi connectivity index (χ0v) is 9.88. The van der Waals surface area contributed by atoms with Crippen molar-refractivity contribution in [2.75, 3.05) is 5.32 Å². The molecule has 1 aliphatic rings. The third kappa shape index (κ3) is 1.71. The van der Waals surface area contributed by atoms with Crippen LogP contribution in [0, 0.1) is 6.92 Å². The van der Waals surface area contributed by atoms with Crippen molar-refractivity contribution in [3.05, 3.63) is 53.5 Å². The van der Waals surface area contributed by atoms with E-state index < -0.39 is 0 Å². The van der Waals surface area contributed by atoms with Crippen molar-refractivity contribution in [1.29, 1.82) is 0 Å². The fraction of sp³-hybridized carbons (Fsp3) is 0.231. The van der Waals surface area contributed by atoms with Crippen LogP contribution in [0.3, 0.4) is 0 Å². The molecule has 0 bridgehead atoms. The Kier molecular flexibility index (Phi) is 2.21. The fourth-order valence-corrected chi connectivity index (χ4v) is 2.12. The van der Waals surface area contributed by atoms with E-state index in [1.807, 2.05) is 36.7 Å². The number of hydrogen-bond acceptors (Lipinski definition) is 3. The highest BCUT2D eigenvalue weighted by molar-refractivity contribution is 5.42. The predicted molar refractivity (Wildman–Crippen MR) is 66.7 cm³/mol. The molecule has 1 unspecified atom stereocenters. The van der Waals surface area contributed by atoms with Gasteiger partial charge in [0, 0.05) is 5.70 Å². The molecular formula is C13H14N4. The standard InChI is InChI=1S/C13H14N4/c1-9-8-12(11-6-4-3-5-7-11)17-13(14-9)15-10(2)16-17/h3-8,12H,1-2H3,(H,14,15,16). The lowest BCUT2D eigenvalue weighted by Gasteiger charge is -2.22. The number of fused-ring (bicyclic) bond motifs is 1. The van der Waals surface area contributed by atoms with Crippen molar-refractivity contribution in [3.8, 4) is 0 Å². The Balaban J connectivity index is 2.12. The molecule has 2 aromatic rings. The van der Waals surface area contributed by atoms with Gasteiger partial charge >= 0.3 is 0 Å². The molecule has 0 saturated carbocycles. The van der Waals surface area contributed by atoms with Crippen LogP contribution in [0.25, 0.3) is 0 Å². The molecule has 0 spiro atoms. The van der Waals surface area contributed by atoms with Crippen LogP contribution in [0.4, 0.5) is 5.95 Å². The molecule has 3 rings (SSSR count). The van der Waals surface area contributed by atoms with Gasteiger partial charge in [0.05, 0.1) is 0 Å². The van der Waals surface area contributed by atoms with Crippen LogP contribution in [0.2, 0.25) is 0 Å². The molecule has 4 heteroatoms. The van der Waals surface area contributed by atoms with Gasteiger partial charge in [-0.3, -0.25) is 0 Å². The number of aromatic nitrogens is 3. The lowest BCUT2D eigenvalue weighted by Crippen LogP contribution is -2.19. The van der Waals surface area contributed by atoms with E-state index in [0.29, 0.717) is 0 Å². The summed E-state index contributed by atoms with van der Waals surface area (Å²) in [6.45, 7) is 3.95. The topological polar surface area (TPSA) is 42.7 Å². The Hall–Kier alpha value is -2.10. The van der Waals surface area contributed by atoms with Crippen LogP contribution in [0.5, 0.6) is 0 Å². The van der Waals surface area contributed by atoms with E-state index in [4.69, 9.17) is 0 Å². The minimum absolute atomic E-state index is 0.133. The van der Waals surface area contributed by atoms with Crippen LogP contribution >= 0.6 is 0 Å². The smallest absolute Gasteiger partial charge is 0.226 e. The summed E-state index contributed by atoms with van der Waals surface area (Å²) >= 11 is 0. The van der Waals surface area contributed by atoms with Gasteiger partial charge in [-0.2, -0.15) is 10.1 Å². The van der Waals surface area contributed by atoms with Gasteiger partial charge in [0.25, 0.3) is 0 Å². The van der Waals surface area contributed by atoms with E-state index in [1.165, 1.54) is 5.56 Å². The molecule has 0 radical (unpaired) electrons. The second-order valence-corrected chi connectivity index (χ2v) is 4.26. The van der Waals surface area contributed by atoms with Gasteiger partial charge in [-0.25, -0.2) is 4.68 Å². The molecular weight excluding hydrogens is 212 g/mol. The molecule has 86 valence electrons. The maximum Gasteiger partial charge on any atom is 0.226 e. The monoisotopic (exact) mass is 226 g/mol. The molecule has 1 aliphatic heterocycles. The molecule has 1 N–H and O–H groups in total. The number of nitrogens with zero attached hydrogens (tertiary/aromatic N) is 3. The van der Waals surface area contributed by atoms with Gasteiger partial charge in [0.15, 0.2) is 0 Å². The lowest BCUT2D eigenvalue weighted by atomic mass is 10.1. The van der Waals surface area contributed by atoms with Crippen LogP contribution in [0.1, 0.15) is 24.4 Å². The quantitative estimate of drug-likeness (QED) is 0.812. The Labute approximate surface area is 100.0 Å². The van der Waals surface area contributed by atoms with E-state index in [1.54, 1.807) is 0 Å². The highest BCUT2D eigenvalue weighted by Crippen LogP contribution is 2.28. The molecule has 17 heavy (non-hydrogen) atoms. The van der Waals surface area contributed by atoms with Crippen molar-refractivity contribution in [3.63, 3.8) is 0 Å². The SMILES string of the molecule is CC1=CC(c2ccccc2)n2nc(C)nc2N1. The summed E-state index contributed by atoms with van der Waals surface area (Å²) in [6, 6.07) is 10.5. The van der Waals surface area contributed by atoms with Gasteiger partial charge in [0.2, 0.25) is 5.95 Å². The lowest BCUT2D eigenvalue weighted by molar-refractivity contribution is 0.599. The maximum atomic E-state index is 4.44. The summed E-state index contributed by atoms with van der Waals surface area (Å²) in [6.07, 6.45) is 2.16. The van der Waals surface area contributed by atoms with Gasteiger partial charge in [0.1, 0.15) is 11.9 Å². The minimum atomic E-state index is 0.133. The van der Waals surface area contributed by atoms with Crippen molar-refractivity contribution >= 4 is 5.95 Å². The maximum absolute atomic E-state index is 4.44. The third-order valence-electron chi connectivity index (χ3n) is 2.86. The van der Waals surface area contributed by atoms with Crippen molar-refractivity contribution < 1.29 is 0 Å². The molecule has 4 nitrogen and oxygen atoms in total. The summed E-state index contributed by atoms with van der Waals surface area (Å²) < 4.78 is 1.93. The summed E-state index contributed by atoms with van der Waals surface area (Å²) in [5.41, 5.74) is 2.33. The Bertz CT molecular complexity index is 568. The second kappa shape index (κ2) is 3.73. The molecule has 1 aromatic carbocycles. The van der Waals surface area contributed by atoms with Crippen LogP contribution in [-0.4, -0.2) is 14.8 Å². The van der Waals surface area contributed by atoms with Crippen LogP contribution in [0.15, 0.2) is 42.1 Å². The highest BCUT2D eigenvalue weighted by atomic mass is 15.4. The minimum Gasteiger partial charge on any atom is -0.329 e. The van der Waals surface area contributed by atoms with Crippen molar-refractivity contribution in [2.24, 2.45) is 0 Å². The third-order valence-corrected chi connectivity index (χ3v) is 2.86. The number of aryl methyl sites for hydroxylation is 1. The first-order valence-electron chi connectivity index (χ1n) is 5.67. The molecule has 1 aromatic heterocycles. The Morgan fingerprint density at radius 2 is 1.94 bits per heavy atom. The first-order valence-corrected chi connectivity index (χ1v) is 5.67. The Morgan fingerprint density at radius 1 is 1.18 bits per heavy atom. The molecule has 1 atom stereocenters. The largest absolute Gasteiger partial charge is 0.329 e. The summed E-state index contributed by atoms with van der Waals surface area (Å²) in [5, 5.41) is 7.67. The Morgan fingerprint density at radius 3 is 2.71 bits per heavy atom. The van der Waals surface area contributed by atoms with Gasteiger partial charge in [-0.1, -0.05) is 30.3 Å². The number of allylic oxidation sites excluding steroid dienone is 2. The number of hydrogen-bond donors (Lipinski definition) is 1. The summed E-state index contributed by atoms with van der Waals surface area (Å²) in [4.78, 5) is 4.38. The normalized spacial score (nSPS) is 18.2.